The summed E-state index contributed by atoms with van der Waals surface area (Å²) in [6.07, 6.45) is 4.83. The summed E-state index contributed by atoms with van der Waals surface area (Å²) >= 11 is 1.35. The average molecular weight is 289 g/mol. The number of anilines is 1. The highest BCUT2D eigenvalue weighted by molar-refractivity contribution is 7.13. The van der Waals surface area contributed by atoms with Crippen molar-refractivity contribution in [1.82, 2.24) is 9.97 Å². The van der Waals surface area contributed by atoms with E-state index in [4.69, 9.17) is 0 Å². The van der Waals surface area contributed by atoms with Crippen molar-refractivity contribution in [3.63, 3.8) is 0 Å². The monoisotopic (exact) mass is 289 g/mol. The third-order valence-electron chi connectivity index (χ3n) is 3.70. The van der Waals surface area contributed by atoms with E-state index in [-0.39, 0.29) is 11.7 Å². The number of H-pyrrole nitrogens is 1. The second-order valence-corrected chi connectivity index (χ2v) is 6.45. The van der Waals surface area contributed by atoms with Gasteiger partial charge in [-0.25, -0.2) is 4.98 Å². The number of Topliss-reactive ketones (excluding diaryl/α,β-unsaturated/α-hetero) is 1. The zero-order valence-electron chi connectivity index (χ0n) is 11.3. The molecule has 0 saturated heterocycles. The molecule has 0 unspecified atom stereocenters. The number of carbonyl (C=O) groups excluding carboxylic acids is 2. The predicted octanol–water partition coefficient (Wildman–Crippen LogP) is 2.88. The van der Waals surface area contributed by atoms with Crippen LogP contribution in [0.1, 0.15) is 46.7 Å². The molecule has 0 spiro atoms. The summed E-state index contributed by atoms with van der Waals surface area (Å²) < 4.78 is 0. The van der Waals surface area contributed by atoms with Gasteiger partial charge in [0.1, 0.15) is 0 Å². The molecule has 6 heteroatoms. The first-order chi connectivity index (χ1) is 9.49. The molecule has 2 N–H and O–H groups in total. The fourth-order valence-corrected chi connectivity index (χ4v) is 2.96. The summed E-state index contributed by atoms with van der Waals surface area (Å²) in [4.78, 5) is 31.9. The lowest BCUT2D eigenvalue weighted by Gasteiger charge is -2.28. The lowest BCUT2D eigenvalue weighted by atomic mass is 9.74. The lowest BCUT2D eigenvalue weighted by Crippen LogP contribution is -2.31. The van der Waals surface area contributed by atoms with Crippen LogP contribution in [0.3, 0.4) is 0 Å². The number of hydrogen-bond donors (Lipinski definition) is 2. The molecule has 0 radical (unpaired) electrons. The van der Waals surface area contributed by atoms with Gasteiger partial charge in [0, 0.05) is 28.9 Å². The molecule has 5 nitrogen and oxygen atoms in total. The van der Waals surface area contributed by atoms with Crippen LogP contribution in [0.25, 0.3) is 0 Å². The maximum Gasteiger partial charge on any atom is 0.259 e. The Balaban J connectivity index is 1.95. The Bertz CT molecular complexity index is 671. The molecule has 2 aromatic heterocycles. The number of amides is 1. The second kappa shape index (κ2) is 4.56. The first-order valence-corrected chi connectivity index (χ1v) is 7.33. The van der Waals surface area contributed by atoms with Crippen LogP contribution < -0.4 is 5.32 Å². The summed E-state index contributed by atoms with van der Waals surface area (Å²) in [6.45, 7) is 3.85. The molecule has 0 aromatic carbocycles. The van der Waals surface area contributed by atoms with Gasteiger partial charge < -0.3 is 4.98 Å². The number of hydrogen-bond acceptors (Lipinski definition) is 4. The molecule has 0 atom stereocenters. The van der Waals surface area contributed by atoms with Crippen molar-refractivity contribution in [3.8, 4) is 0 Å². The molecular formula is C14H15N3O2S. The minimum atomic E-state index is -0.411. The van der Waals surface area contributed by atoms with E-state index in [1.807, 2.05) is 13.8 Å². The zero-order chi connectivity index (χ0) is 14.3. The van der Waals surface area contributed by atoms with Crippen LogP contribution in [-0.4, -0.2) is 21.7 Å². The molecule has 0 bridgehead atoms. The van der Waals surface area contributed by atoms with Crippen molar-refractivity contribution in [2.75, 3.05) is 5.32 Å². The van der Waals surface area contributed by atoms with E-state index < -0.39 is 5.41 Å². The SMILES string of the molecule is CC1(C)CCc2[nH]cc(C(=O)Nc3nccs3)c2C1=O. The highest BCUT2D eigenvalue weighted by atomic mass is 32.1. The van der Waals surface area contributed by atoms with E-state index in [1.165, 1.54) is 11.3 Å². The van der Waals surface area contributed by atoms with Crippen molar-refractivity contribution >= 4 is 28.2 Å². The highest BCUT2D eigenvalue weighted by Crippen LogP contribution is 2.36. The number of aromatic amines is 1. The van der Waals surface area contributed by atoms with Gasteiger partial charge >= 0.3 is 0 Å². The van der Waals surface area contributed by atoms with Gasteiger partial charge in [-0.05, 0) is 12.8 Å². The third-order valence-corrected chi connectivity index (χ3v) is 4.39. The van der Waals surface area contributed by atoms with E-state index in [0.29, 0.717) is 16.3 Å². The quantitative estimate of drug-likeness (QED) is 0.892. The van der Waals surface area contributed by atoms with Crippen molar-refractivity contribution in [3.05, 3.63) is 34.6 Å². The molecule has 3 rings (SSSR count). The van der Waals surface area contributed by atoms with Gasteiger partial charge in [0.2, 0.25) is 0 Å². The van der Waals surface area contributed by atoms with Crippen molar-refractivity contribution in [2.45, 2.75) is 26.7 Å². The van der Waals surface area contributed by atoms with Gasteiger partial charge in [0.05, 0.1) is 11.1 Å². The molecule has 0 aliphatic heterocycles. The van der Waals surface area contributed by atoms with E-state index in [9.17, 15) is 9.59 Å². The zero-order valence-corrected chi connectivity index (χ0v) is 12.1. The third kappa shape index (κ3) is 2.06. The van der Waals surface area contributed by atoms with Gasteiger partial charge in [-0.3, -0.25) is 14.9 Å². The maximum atomic E-state index is 12.5. The van der Waals surface area contributed by atoms with Crippen LogP contribution in [0.2, 0.25) is 0 Å². The number of rotatable bonds is 2. The second-order valence-electron chi connectivity index (χ2n) is 5.56. The average Bonchev–Trinajstić information content (AvgIpc) is 3.02. The summed E-state index contributed by atoms with van der Waals surface area (Å²) in [7, 11) is 0. The standard InChI is InChI=1S/C14H15N3O2S/c1-14(2)4-3-9-10(11(14)18)8(7-16-9)12(19)17-13-15-5-6-20-13/h5-7,16H,3-4H2,1-2H3,(H,15,17,19). The van der Waals surface area contributed by atoms with E-state index in [2.05, 4.69) is 15.3 Å². The summed E-state index contributed by atoms with van der Waals surface area (Å²) in [6, 6.07) is 0. The van der Waals surface area contributed by atoms with E-state index in [0.717, 1.165) is 18.5 Å². The number of fused-ring (bicyclic) bond motifs is 1. The lowest BCUT2D eigenvalue weighted by molar-refractivity contribution is 0.0805. The molecule has 0 saturated carbocycles. The van der Waals surface area contributed by atoms with Crippen LogP contribution in [0.4, 0.5) is 5.13 Å². The molecule has 104 valence electrons. The van der Waals surface area contributed by atoms with Crippen LogP contribution in [0, 0.1) is 5.41 Å². The smallest absolute Gasteiger partial charge is 0.259 e. The van der Waals surface area contributed by atoms with Gasteiger partial charge in [0.25, 0.3) is 5.91 Å². The number of carbonyl (C=O) groups is 2. The predicted molar refractivity (Wildman–Crippen MR) is 77.3 cm³/mol. The Morgan fingerprint density at radius 3 is 3.00 bits per heavy atom. The molecule has 2 heterocycles. The van der Waals surface area contributed by atoms with Crippen LogP contribution >= 0.6 is 11.3 Å². The van der Waals surface area contributed by atoms with Crippen LogP contribution in [0.15, 0.2) is 17.8 Å². The topological polar surface area (TPSA) is 74.8 Å². The molecular weight excluding hydrogens is 274 g/mol. The highest BCUT2D eigenvalue weighted by Gasteiger charge is 2.38. The maximum absolute atomic E-state index is 12.5. The summed E-state index contributed by atoms with van der Waals surface area (Å²) in [5.74, 6) is -0.257. The number of aromatic nitrogens is 2. The first kappa shape index (κ1) is 13.1. The molecule has 1 aliphatic rings. The minimum Gasteiger partial charge on any atom is -0.364 e. The van der Waals surface area contributed by atoms with Gasteiger partial charge in [-0.1, -0.05) is 13.8 Å². The Labute approximate surface area is 120 Å². The number of ketones is 1. The van der Waals surface area contributed by atoms with Crippen molar-refractivity contribution in [2.24, 2.45) is 5.41 Å². The summed E-state index contributed by atoms with van der Waals surface area (Å²) in [5.41, 5.74) is 1.40. The van der Waals surface area contributed by atoms with Crippen LogP contribution in [0.5, 0.6) is 0 Å². The Kier molecular flexibility index (Phi) is 2.97. The number of nitrogens with one attached hydrogen (secondary N) is 2. The largest absolute Gasteiger partial charge is 0.364 e. The van der Waals surface area contributed by atoms with Crippen molar-refractivity contribution < 1.29 is 9.59 Å². The molecule has 1 aliphatic carbocycles. The van der Waals surface area contributed by atoms with Gasteiger partial charge in [0.15, 0.2) is 10.9 Å². The molecule has 2 aromatic rings. The number of nitrogens with zero attached hydrogens (tertiary/aromatic N) is 1. The van der Waals surface area contributed by atoms with Gasteiger partial charge in [-0.15, -0.1) is 11.3 Å². The fourth-order valence-electron chi connectivity index (χ4n) is 2.44. The number of aryl methyl sites for hydroxylation is 1. The molecule has 20 heavy (non-hydrogen) atoms. The van der Waals surface area contributed by atoms with E-state index in [1.54, 1.807) is 17.8 Å². The molecule has 1 amide bonds. The number of thiazole rings is 1. The Morgan fingerprint density at radius 1 is 1.50 bits per heavy atom. The fraction of sp³-hybridized carbons (Fsp3) is 0.357. The first-order valence-electron chi connectivity index (χ1n) is 6.45. The van der Waals surface area contributed by atoms with Gasteiger partial charge in [-0.2, -0.15) is 0 Å². The summed E-state index contributed by atoms with van der Waals surface area (Å²) in [5, 5.41) is 5.04. The molecule has 0 fully saturated rings. The minimum absolute atomic E-state index is 0.0317. The normalized spacial score (nSPS) is 16.8. The van der Waals surface area contributed by atoms with Crippen molar-refractivity contribution in [1.29, 1.82) is 0 Å². The Hall–Kier alpha value is -1.95. The van der Waals surface area contributed by atoms with E-state index >= 15 is 0 Å². The Morgan fingerprint density at radius 2 is 2.30 bits per heavy atom. The van der Waals surface area contributed by atoms with Crippen LogP contribution in [-0.2, 0) is 6.42 Å².